The van der Waals surface area contributed by atoms with Crippen molar-refractivity contribution in [2.24, 2.45) is 0 Å². The molecule has 7 heteroatoms. The van der Waals surface area contributed by atoms with Gasteiger partial charge in [0.1, 0.15) is 0 Å². The van der Waals surface area contributed by atoms with Gasteiger partial charge >= 0.3 is 0 Å². The summed E-state index contributed by atoms with van der Waals surface area (Å²) in [5.74, 6) is 0.0861. The predicted octanol–water partition coefficient (Wildman–Crippen LogP) is 0.637. The Morgan fingerprint density at radius 3 is 2.85 bits per heavy atom. The van der Waals surface area contributed by atoms with Crippen LogP contribution in [-0.4, -0.2) is 67.0 Å². The van der Waals surface area contributed by atoms with Crippen molar-refractivity contribution in [1.29, 1.82) is 5.26 Å². The summed E-state index contributed by atoms with van der Waals surface area (Å²) >= 11 is 1.65. The third-order valence-electron chi connectivity index (χ3n) is 3.41. The van der Waals surface area contributed by atoms with Crippen molar-refractivity contribution in [3.05, 3.63) is 11.6 Å². The van der Waals surface area contributed by atoms with E-state index in [0.717, 1.165) is 31.3 Å². The molecule has 1 aliphatic rings. The van der Waals surface area contributed by atoms with Crippen LogP contribution in [0.25, 0.3) is 0 Å². The molecule has 2 heterocycles. The lowest BCUT2D eigenvalue weighted by Crippen LogP contribution is -2.49. The van der Waals surface area contributed by atoms with E-state index in [1.807, 2.05) is 11.6 Å². The fourth-order valence-electron chi connectivity index (χ4n) is 2.12. The van der Waals surface area contributed by atoms with Gasteiger partial charge < -0.3 is 9.80 Å². The zero-order valence-corrected chi connectivity index (χ0v) is 12.5. The third kappa shape index (κ3) is 3.92. The standard InChI is InChI=1S/C13H19N5OS/c1-16(5-2-3-14)12(19)11-17-6-8-18(9-7-17)13-15-4-10-20-13/h4,10H,2,5-9,11H2,1H3. The first-order chi connectivity index (χ1) is 9.70. The van der Waals surface area contributed by atoms with E-state index in [2.05, 4.69) is 20.9 Å². The van der Waals surface area contributed by atoms with E-state index in [-0.39, 0.29) is 5.91 Å². The maximum atomic E-state index is 12.0. The molecule has 20 heavy (non-hydrogen) atoms. The second kappa shape index (κ2) is 7.22. The SMILES string of the molecule is CN(CCC#N)C(=O)CN1CCN(c2nccs2)CC1. The molecular formula is C13H19N5OS. The van der Waals surface area contributed by atoms with Gasteiger partial charge in [-0.15, -0.1) is 11.3 Å². The molecule has 6 nitrogen and oxygen atoms in total. The third-order valence-corrected chi connectivity index (χ3v) is 4.24. The van der Waals surface area contributed by atoms with E-state index >= 15 is 0 Å². The first-order valence-corrected chi connectivity index (χ1v) is 7.56. The lowest BCUT2D eigenvalue weighted by atomic mass is 10.3. The number of aromatic nitrogens is 1. The van der Waals surface area contributed by atoms with Crippen molar-refractivity contribution < 1.29 is 4.79 Å². The number of piperazine rings is 1. The van der Waals surface area contributed by atoms with Crippen molar-refractivity contribution in [2.75, 3.05) is 51.2 Å². The Balaban J connectivity index is 1.74. The fraction of sp³-hybridized carbons (Fsp3) is 0.615. The molecule has 108 valence electrons. The fourth-order valence-corrected chi connectivity index (χ4v) is 2.82. The molecule has 0 aromatic carbocycles. The highest BCUT2D eigenvalue weighted by molar-refractivity contribution is 7.13. The molecule has 0 atom stereocenters. The highest BCUT2D eigenvalue weighted by Gasteiger charge is 2.21. The average Bonchev–Trinajstić information content (AvgIpc) is 2.99. The van der Waals surface area contributed by atoms with Crippen LogP contribution in [0.1, 0.15) is 6.42 Å². The molecule has 2 rings (SSSR count). The van der Waals surface area contributed by atoms with Gasteiger partial charge in [-0.1, -0.05) is 0 Å². The van der Waals surface area contributed by atoms with Gasteiger partial charge in [0.05, 0.1) is 19.0 Å². The molecule has 0 radical (unpaired) electrons. The van der Waals surface area contributed by atoms with Crippen molar-refractivity contribution in [1.82, 2.24) is 14.8 Å². The van der Waals surface area contributed by atoms with E-state index in [1.54, 1.807) is 23.3 Å². The number of amides is 1. The Morgan fingerprint density at radius 1 is 1.50 bits per heavy atom. The van der Waals surface area contributed by atoms with Crippen LogP contribution in [-0.2, 0) is 4.79 Å². The Hall–Kier alpha value is -1.65. The van der Waals surface area contributed by atoms with Crippen LogP contribution >= 0.6 is 11.3 Å². The lowest BCUT2D eigenvalue weighted by molar-refractivity contribution is -0.131. The highest BCUT2D eigenvalue weighted by atomic mass is 32.1. The second-order valence-corrected chi connectivity index (χ2v) is 5.67. The minimum atomic E-state index is 0.0861. The molecule has 1 saturated heterocycles. The van der Waals surface area contributed by atoms with Gasteiger partial charge in [-0.2, -0.15) is 5.26 Å². The molecule has 1 aromatic rings. The Kier molecular flexibility index (Phi) is 5.32. The highest BCUT2D eigenvalue weighted by Crippen LogP contribution is 2.18. The minimum absolute atomic E-state index is 0.0861. The largest absolute Gasteiger partial charge is 0.346 e. The smallest absolute Gasteiger partial charge is 0.236 e. The molecule has 1 fully saturated rings. The van der Waals surface area contributed by atoms with Crippen molar-refractivity contribution in [3.63, 3.8) is 0 Å². The molecule has 0 saturated carbocycles. The topological polar surface area (TPSA) is 63.5 Å². The van der Waals surface area contributed by atoms with Crippen molar-refractivity contribution >= 4 is 22.4 Å². The molecule has 1 amide bonds. The number of rotatable bonds is 5. The number of thiazole rings is 1. The van der Waals surface area contributed by atoms with Gasteiger partial charge in [0.25, 0.3) is 0 Å². The van der Waals surface area contributed by atoms with Gasteiger partial charge in [-0.25, -0.2) is 4.98 Å². The molecule has 0 aliphatic carbocycles. The van der Waals surface area contributed by atoms with Crippen LogP contribution in [0, 0.1) is 11.3 Å². The summed E-state index contributed by atoms with van der Waals surface area (Å²) in [7, 11) is 1.76. The zero-order chi connectivity index (χ0) is 14.4. The maximum Gasteiger partial charge on any atom is 0.236 e. The van der Waals surface area contributed by atoms with Crippen LogP contribution in [0.5, 0.6) is 0 Å². The lowest BCUT2D eigenvalue weighted by Gasteiger charge is -2.34. The van der Waals surface area contributed by atoms with Crippen LogP contribution in [0.3, 0.4) is 0 Å². The van der Waals surface area contributed by atoms with Gasteiger partial charge in [-0.3, -0.25) is 9.69 Å². The predicted molar refractivity (Wildman–Crippen MR) is 78.6 cm³/mol. The first kappa shape index (κ1) is 14.8. The number of carbonyl (C=O) groups is 1. The summed E-state index contributed by atoms with van der Waals surface area (Å²) in [6.45, 7) is 4.50. The first-order valence-electron chi connectivity index (χ1n) is 6.68. The van der Waals surface area contributed by atoms with E-state index < -0.39 is 0 Å². The average molecular weight is 293 g/mol. The Labute approximate surface area is 123 Å². The van der Waals surface area contributed by atoms with Gasteiger partial charge in [0, 0.05) is 51.3 Å². The van der Waals surface area contributed by atoms with Crippen molar-refractivity contribution in [2.45, 2.75) is 6.42 Å². The van der Waals surface area contributed by atoms with Crippen LogP contribution in [0.4, 0.5) is 5.13 Å². The second-order valence-electron chi connectivity index (χ2n) is 4.80. The molecule has 0 unspecified atom stereocenters. The van der Waals surface area contributed by atoms with Crippen molar-refractivity contribution in [3.8, 4) is 6.07 Å². The number of likely N-dealkylation sites (N-methyl/N-ethyl adjacent to an activating group) is 1. The van der Waals surface area contributed by atoms with Gasteiger partial charge in [-0.05, 0) is 0 Å². The summed E-state index contributed by atoms with van der Waals surface area (Å²) in [6, 6.07) is 2.06. The number of nitrogens with zero attached hydrogens (tertiary/aromatic N) is 5. The zero-order valence-electron chi connectivity index (χ0n) is 11.7. The number of carbonyl (C=O) groups excluding carboxylic acids is 1. The molecule has 1 aliphatic heterocycles. The van der Waals surface area contributed by atoms with Crippen LogP contribution in [0.2, 0.25) is 0 Å². The van der Waals surface area contributed by atoms with E-state index in [0.29, 0.717) is 19.5 Å². The maximum absolute atomic E-state index is 12.0. The van der Waals surface area contributed by atoms with E-state index in [1.165, 1.54) is 0 Å². The Bertz CT molecular complexity index is 462. The summed E-state index contributed by atoms with van der Waals surface area (Å²) in [4.78, 5) is 22.3. The van der Waals surface area contributed by atoms with E-state index in [9.17, 15) is 4.79 Å². The summed E-state index contributed by atoms with van der Waals surface area (Å²) in [6.07, 6.45) is 2.21. The number of anilines is 1. The van der Waals surface area contributed by atoms with Crippen LogP contribution < -0.4 is 4.90 Å². The molecule has 0 bridgehead atoms. The number of hydrogen-bond acceptors (Lipinski definition) is 6. The van der Waals surface area contributed by atoms with Gasteiger partial charge in [0.2, 0.25) is 5.91 Å². The summed E-state index contributed by atoms with van der Waals surface area (Å²) in [5, 5.41) is 11.6. The molecule has 0 spiro atoms. The Morgan fingerprint density at radius 2 is 2.25 bits per heavy atom. The normalized spacial score (nSPS) is 15.9. The number of nitriles is 1. The molecule has 0 N–H and O–H groups in total. The van der Waals surface area contributed by atoms with E-state index in [4.69, 9.17) is 5.26 Å². The molecular weight excluding hydrogens is 274 g/mol. The van der Waals surface area contributed by atoms with Crippen LogP contribution in [0.15, 0.2) is 11.6 Å². The minimum Gasteiger partial charge on any atom is -0.346 e. The van der Waals surface area contributed by atoms with Gasteiger partial charge in [0.15, 0.2) is 5.13 Å². The molecule has 1 aromatic heterocycles. The summed E-state index contributed by atoms with van der Waals surface area (Å²) in [5.41, 5.74) is 0. The quantitative estimate of drug-likeness (QED) is 0.797. The number of hydrogen-bond donors (Lipinski definition) is 0. The summed E-state index contributed by atoms with van der Waals surface area (Å²) < 4.78 is 0. The monoisotopic (exact) mass is 293 g/mol.